The minimum absolute atomic E-state index is 0.309. The van der Waals surface area contributed by atoms with Gasteiger partial charge in [0.15, 0.2) is 0 Å². The van der Waals surface area contributed by atoms with Crippen LogP contribution in [0.1, 0.15) is 69.6 Å². The average molecular weight is 304 g/mol. The fourth-order valence-electron chi connectivity index (χ4n) is 2.31. The second-order valence-corrected chi connectivity index (χ2v) is 5.90. The molecule has 0 fully saturated rings. The van der Waals surface area contributed by atoms with Gasteiger partial charge in [-0.15, -0.1) is 0 Å². The van der Waals surface area contributed by atoms with Crippen molar-refractivity contribution in [3.8, 4) is 0 Å². The molecular weight excluding hydrogens is 276 g/mol. The molecule has 0 amide bonds. The number of carbonyl (C=O) groups is 1. The van der Waals surface area contributed by atoms with E-state index in [1.54, 1.807) is 6.92 Å². The van der Waals surface area contributed by atoms with Crippen molar-refractivity contribution in [1.29, 1.82) is 0 Å². The van der Waals surface area contributed by atoms with Crippen LogP contribution in [-0.2, 0) is 4.79 Å². The highest BCUT2D eigenvalue weighted by Gasteiger charge is 2.09. The van der Waals surface area contributed by atoms with Crippen LogP contribution in [0.25, 0.3) is 6.08 Å². The molecule has 0 aromatic heterocycles. The molecule has 0 aliphatic rings. The first-order valence-corrected chi connectivity index (χ1v) is 8.22. The first-order valence-electron chi connectivity index (χ1n) is 8.22. The third-order valence-electron chi connectivity index (χ3n) is 3.87. The van der Waals surface area contributed by atoms with Crippen LogP contribution in [-0.4, -0.2) is 16.2 Å². The molecule has 22 heavy (non-hydrogen) atoms. The van der Waals surface area contributed by atoms with Crippen LogP contribution in [0, 0.1) is 5.92 Å². The van der Waals surface area contributed by atoms with E-state index in [-0.39, 0.29) is 5.92 Å². The molecule has 1 aromatic carbocycles. The molecule has 122 valence electrons. The van der Waals surface area contributed by atoms with Gasteiger partial charge in [0.1, 0.15) is 0 Å². The van der Waals surface area contributed by atoms with E-state index in [0.717, 1.165) is 43.2 Å². The summed E-state index contributed by atoms with van der Waals surface area (Å²) in [5, 5.41) is 19.0. The van der Waals surface area contributed by atoms with Gasteiger partial charge in [0.05, 0.1) is 12.0 Å². The number of hydrogen-bond donors (Lipinski definition) is 2. The van der Waals surface area contributed by atoms with Crippen molar-refractivity contribution in [2.75, 3.05) is 0 Å². The standard InChI is InChI=1S/C19H28O3/c1-3-4-5-13-18(20)17-12-8-11-16(14-17)10-7-6-9-15(2)19(21)22/h7-8,10-12,14-15,18,20H,3-6,9,13H2,1-2H3,(H,21,22)/t15?,18-/m1/s1. The molecular formula is C19H28O3. The van der Waals surface area contributed by atoms with E-state index in [0.29, 0.717) is 6.42 Å². The normalized spacial score (nSPS) is 14.1. The van der Waals surface area contributed by atoms with Gasteiger partial charge in [-0.3, -0.25) is 4.79 Å². The summed E-state index contributed by atoms with van der Waals surface area (Å²) in [6.07, 6.45) is 9.15. The summed E-state index contributed by atoms with van der Waals surface area (Å²) in [7, 11) is 0. The van der Waals surface area contributed by atoms with Crippen LogP contribution in [0.3, 0.4) is 0 Å². The van der Waals surface area contributed by atoms with Gasteiger partial charge in [0, 0.05) is 0 Å². The summed E-state index contributed by atoms with van der Waals surface area (Å²) >= 11 is 0. The molecule has 3 nitrogen and oxygen atoms in total. The van der Waals surface area contributed by atoms with Crippen LogP contribution in [0.15, 0.2) is 30.3 Å². The number of aliphatic hydroxyl groups is 1. The lowest BCUT2D eigenvalue weighted by atomic mass is 10.0. The van der Waals surface area contributed by atoms with Gasteiger partial charge in [-0.2, -0.15) is 0 Å². The number of aliphatic carboxylic acids is 1. The van der Waals surface area contributed by atoms with Crippen LogP contribution in [0.2, 0.25) is 0 Å². The number of hydrogen-bond acceptors (Lipinski definition) is 2. The highest BCUT2D eigenvalue weighted by molar-refractivity contribution is 5.69. The van der Waals surface area contributed by atoms with Crippen molar-refractivity contribution in [2.45, 2.75) is 58.5 Å². The van der Waals surface area contributed by atoms with Gasteiger partial charge in [-0.05, 0) is 36.5 Å². The minimum atomic E-state index is -0.745. The lowest BCUT2D eigenvalue weighted by Gasteiger charge is -2.11. The summed E-state index contributed by atoms with van der Waals surface area (Å²) in [5.74, 6) is -1.05. The van der Waals surface area contributed by atoms with Gasteiger partial charge in [-0.25, -0.2) is 0 Å². The van der Waals surface area contributed by atoms with Crippen molar-refractivity contribution in [3.05, 3.63) is 41.5 Å². The predicted octanol–water partition coefficient (Wildman–Crippen LogP) is 4.81. The molecule has 0 saturated heterocycles. The largest absolute Gasteiger partial charge is 0.481 e. The van der Waals surface area contributed by atoms with E-state index in [2.05, 4.69) is 6.92 Å². The topological polar surface area (TPSA) is 57.5 Å². The van der Waals surface area contributed by atoms with Crippen molar-refractivity contribution in [1.82, 2.24) is 0 Å². The van der Waals surface area contributed by atoms with E-state index < -0.39 is 12.1 Å². The van der Waals surface area contributed by atoms with E-state index in [9.17, 15) is 9.90 Å². The molecule has 1 unspecified atom stereocenters. The highest BCUT2D eigenvalue weighted by Crippen LogP contribution is 2.21. The second-order valence-electron chi connectivity index (χ2n) is 5.90. The summed E-state index contributed by atoms with van der Waals surface area (Å²) in [6, 6.07) is 7.92. The summed E-state index contributed by atoms with van der Waals surface area (Å²) in [6.45, 7) is 3.88. The summed E-state index contributed by atoms with van der Waals surface area (Å²) < 4.78 is 0. The average Bonchev–Trinajstić information content (AvgIpc) is 2.51. The van der Waals surface area contributed by atoms with Gasteiger partial charge in [0.25, 0.3) is 0 Å². The Balaban J connectivity index is 2.51. The first kappa shape index (κ1) is 18.4. The van der Waals surface area contributed by atoms with E-state index >= 15 is 0 Å². The lowest BCUT2D eigenvalue weighted by molar-refractivity contribution is -0.141. The van der Waals surface area contributed by atoms with Gasteiger partial charge < -0.3 is 10.2 Å². The van der Waals surface area contributed by atoms with Crippen molar-refractivity contribution in [3.63, 3.8) is 0 Å². The smallest absolute Gasteiger partial charge is 0.306 e. The Bertz CT molecular complexity index is 479. The molecule has 2 atom stereocenters. The molecule has 1 aromatic rings. The molecule has 1 rings (SSSR count). The fourth-order valence-corrected chi connectivity index (χ4v) is 2.31. The fraction of sp³-hybridized carbons (Fsp3) is 0.526. The molecule has 0 aliphatic heterocycles. The molecule has 0 heterocycles. The molecule has 2 N–H and O–H groups in total. The molecule has 0 radical (unpaired) electrons. The van der Waals surface area contributed by atoms with Crippen LogP contribution in [0.4, 0.5) is 0 Å². The highest BCUT2D eigenvalue weighted by atomic mass is 16.4. The van der Waals surface area contributed by atoms with Gasteiger partial charge in [0.2, 0.25) is 0 Å². The zero-order valence-corrected chi connectivity index (χ0v) is 13.7. The number of rotatable bonds is 10. The number of unbranched alkanes of at least 4 members (excludes halogenated alkanes) is 2. The Hall–Kier alpha value is -1.61. The van der Waals surface area contributed by atoms with E-state index in [1.165, 1.54) is 0 Å². The SMILES string of the molecule is CCCCC[C@@H](O)c1cccc(C=CCCC(C)C(=O)O)c1. The maximum absolute atomic E-state index is 10.7. The Morgan fingerprint density at radius 2 is 2.05 bits per heavy atom. The van der Waals surface area contributed by atoms with Gasteiger partial charge >= 0.3 is 5.97 Å². The minimum Gasteiger partial charge on any atom is -0.481 e. The van der Waals surface area contributed by atoms with Crippen molar-refractivity contribution >= 4 is 12.0 Å². The first-order chi connectivity index (χ1) is 10.5. The van der Waals surface area contributed by atoms with Crippen LogP contribution in [0.5, 0.6) is 0 Å². The Kier molecular flexibility index (Phi) is 8.53. The number of benzene rings is 1. The predicted molar refractivity (Wildman–Crippen MR) is 90.6 cm³/mol. The van der Waals surface area contributed by atoms with Crippen LogP contribution >= 0.6 is 0 Å². The Morgan fingerprint density at radius 3 is 2.73 bits per heavy atom. The molecule has 0 spiro atoms. The second kappa shape index (κ2) is 10.2. The van der Waals surface area contributed by atoms with Crippen molar-refractivity contribution < 1.29 is 15.0 Å². The number of aliphatic hydroxyl groups excluding tert-OH is 1. The van der Waals surface area contributed by atoms with Gasteiger partial charge in [-0.1, -0.05) is 63.5 Å². The van der Waals surface area contributed by atoms with E-state index in [4.69, 9.17) is 5.11 Å². The summed E-state index contributed by atoms with van der Waals surface area (Å²) in [5.41, 5.74) is 2.01. The molecule has 0 bridgehead atoms. The Labute approximate surface area is 133 Å². The number of carboxylic acids is 1. The third-order valence-corrected chi connectivity index (χ3v) is 3.87. The number of allylic oxidation sites excluding steroid dienone is 1. The summed E-state index contributed by atoms with van der Waals surface area (Å²) in [4.78, 5) is 10.7. The molecule has 3 heteroatoms. The zero-order valence-electron chi connectivity index (χ0n) is 13.7. The van der Waals surface area contributed by atoms with Crippen molar-refractivity contribution in [2.24, 2.45) is 5.92 Å². The quantitative estimate of drug-likeness (QED) is 0.610. The molecule has 0 saturated carbocycles. The maximum Gasteiger partial charge on any atom is 0.306 e. The maximum atomic E-state index is 10.7. The zero-order chi connectivity index (χ0) is 16.4. The third kappa shape index (κ3) is 6.90. The monoisotopic (exact) mass is 304 g/mol. The molecule has 0 aliphatic carbocycles. The van der Waals surface area contributed by atoms with Crippen LogP contribution < -0.4 is 0 Å². The Morgan fingerprint density at radius 1 is 1.27 bits per heavy atom. The number of carboxylic acid groups (broad SMARTS) is 1. The lowest BCUT2D eigenvalue weighted by Crippen LogP contribution is -2.08. The van der Waals surface area contributed by atoms with E-state index in [1.807, 2.05) is 36.4 Å².